The minimum Gasteiger partial charge on any atom is -0.457 e. The topological polar surface area (TPSA) is 22.1 Å². The van der Waals surface area contributed by atoms with Crippen molar-refractivity contribution in [3.63, 3.8) is 0 Å². The summed E-state index contributed by atoms with van der Waals surface area (Å²) in [5.41, 5.74) is 1.79. The molecule has 0 atom stereocenters. The first-order valence-electron chi connectivity index (χ1n) is 6.13. The zero-order valence-corrected chi connectivity index (χ0v) is 12.0. The molecule has 2 nitrogen and oxygen atoms in total. The maximum Gasteiger partial charge on any atom is 0.129 e. The molecule has 1 heterocycles. The van der Waals surface area contributed by atoms with E-state index in [0.717, 1.165) is 22.2 Å². The van der Waals surface area contributed by atoms with Crippen molar-refractivity contribution in [1.29, 1.82) is 0 Å². The van der Waals surface area contributed by atoms with Crippen LogP contribution in [0.1, 0.15) is 5.56 Å². The van der Waals surface area contributed by atoms with Gasteiger partial charge in [0, 0.05) is 28.6 Å². The fourth-order valence-corrected chi connectivity index (χ4v) is 2.48. The van der Waals surface area contributed by atoms with Crippen LogP contribution >= 0.6 is 23.2 Å². The second kappa shape index (κ2) is 5.70. The summed E-state index contributed by atoms with van der Waals surface area (Å²) in [7, 11) is 0. The van der Waals surface area contributed by atoms with Crippen LogP contribution in [0.5, 0.6) is 11.5 Å². The van der Waals surface area contributed by atoms with Gasteiger partial charge in [-0.15, -0.1) is 11.6 Å². The second-order valence-corrected chi connectivity index (χ2v) is 5.02. The Morgan fingerprint density at radius 1 is 1.00 bits per heavy atom. The Bertz CT molecular complexity index is 758. The van der Waals surface area contributed by atoms with Gasteiger partial charge < -0.3 is 4.74 Å². The summed E-state index contributed by atoms with van der Waals surface area (Å²) in [6.07, 6.45) is 1.76. The van der Waals surface area contributed by atoms with Crippen molar-refractivity contribution < 1.29 is 4.74 Å². The van der Waals surface area contributed by atoms with Crippen LogP contribution in [0.2, 0.25) is 5.02 Å². The normalized spacial score (nSPS) is 10.7. The molecule has 20 heavy (non-hydrogen) atoms. The Balaban J connectivity index is 1.90. The number of alkyl halides is 1. The number of hydrogen-bond donors (Lipinski definition) is 0. The van der Waals surface area contributed by atoms with Gasteiger partial charge in [0.2, 0.25) is 0 Å². The summed E-state index contributed by atoms with van der Waals surface area (Å²) in [6, 6.07) is 15.2. The quantitative estimate of drug-likeness (QED) is 0.603. The molecule has 1 aromatic heterocycles. The highest BCUT2D eigenvalue weighted by molar-refractivity contribution is 6.32. The summed E-state index contributed by atoms with van der Waals surface area (Å²) in [4.78, 5) is 4.30. The second-order valence-electron chi connectivity index (χ2n) is 4.35. The predicted octanol–water partition coefficient (Wildman–Crippen LogP) is 5.42. The first-order valence-corrected chi connectivity index (χ1v) is 7.04. The van der Waals surface area contributed by atoms with Gasteiger partial charge in [0.15, 0.2) is 0 Å². The van der Waals surface area contributed by atoms with E-state index in [1.807, 2.05) is 42.5 Å². The van der Waals surface area contributed by atoms with E-state index in [2.05, 4.69) is 4.98 Å². The summed E-state index contributed by atoms with van der Waals surface area (Å²) in [5, 5.41) is 1.69. The third kappa shape index (κ3) is 2.72. The van der Waals surface area contributed by atoms with Crippen LogP contribution in [0.15, 0.2) is 54.7 Å². The number of nitrogens with zero attached hydrogens (tertiary/aromatic N) is 1. The molecule has 0 bridgehead atoms. The van der Waals surface area contributed by atoms with Gasteiger partial charge in [0.1, 0.15) is 11.5 Å². The van der Waals surface area contributed by atoms with Crippen LogP contribution in [0.25, 0.3) is 10.9 Å². The van der Waals surface area contributed by atoms with Gasteiger partial charge in [-0.05, 0) is 35.9 Å². The van der Waals surface area contributed by atoms with E-state index in [9.17, 15) is 0 Å². The first-order chi connectivity index (χ1) is 9.76. The smallest absolute Gasteiger partial charge is 0.129 e. The van der Waals surface area contributed by atoms with Gasteiger partial charge in [-0.25, -0.2) is 0 Å². The minimum absolute atomic E-state index is 0.388. The fourth-order valence-electron chi connectivity index (χ4n) is 1.95. The fraction of sp³-hybridized carbons (Fsp3) is 0.0625. The predicted molar refractivity (Wildman–Crippen MR) is 82.8 cm³/mol. The number of fused-ring (bicyclic) bond motifs is 1. The molecule has 0 saturated carbocycles. The molecule has 2 aromatic carbocycles. The van der Waals surface area contributed by atoms with E-state index in [0.29, 0.717) is 16.7 Å². The minimum atomic E-state index is 0.388. The maximum atomic E-state index is 6.11. The molecule has 3 rings (SSSR count). The maximum absolute atomic E-state index is 6.11. The van der Waals surface area contributed by atoms with E-state index in [1.54, 1.807) is 12.3 Å². The molecule has 0 amide bonds. The summed E-state index contributed by atoms with van der Waals surface area (Å²) >= 11 is 11.9. The van der Waals surface area contributed by atoms with Crippen molar-refractivity contribution in [1.82, 2.24) is 4.98 Å². The molecular weight excluding hydrogens is 293 g/mol. The molecule has 4 heteroatoms. The summed E-state index contributed by atoms with van der Waals surface area (Å²) in [6.45, 7) is 0. The number of hydrogen-bond acceptors (Lipinski definition) is 2. The standard InChI is InChI=1S/C16H11Cl2NO/c17-10-12-4-6-13(8-15(12)18)20-14-5-3-11-2-1-7-19-16(11)9-14/h1-9H,10H2. The molecule has 3 aromatic rings. The lowest BCUT2D eigenvalue weighted by molar-refractivity contribution is 0.483. The van der Waals surface area contributed by atoms with Gasteiger partial charge in [-0.2, -0.15) is 0 Å². The number of aromatic nitrogens is 1. The molecule has 0 saturated heterocycles. The Morgan fingerprint density at radius 2 is 1.80 bits per heavy atom. The van der Waals surface area contributed by atoms with Gasteiger partial charge in [-0.3, -0.25) is 4.98 Å². The molecule has 0 unspecified atom stereocenters. The number of halogens is 2. The number of benzene rings is 2. The zero-order valence-electron chi connectivity index (χ0n) is 10.5. The Labute approximate surface area is 126 Å². The van der Waals surface area contributed by atoms with Gasteiger partial charge in [-0.1, -0.05) is 23.7 Å². The van der Waals surface area contributed by atoms with Crippen molar-refractivity contribution in [3.8, 4) is 11.5 Å². The Hall–Kier alpha value is -1.77. The van der Waals surface area contributed by atoms with Crippen molar-refractivity contribution in [2.24, 2.45) is 0 Å². The lowest BCUT2D eigenvalue weighted by Gasteiger charge is -2.08. The van der Waals surface area contributed by atoms with Crippen LogP contribution in [-0.2, 0) is 5.88 Å². The zero-order chi connectivity index (χ0) is 13.9. The van der Waals surface area contributed by atoms with Crippen molar-refractivity contribution >= 4 is 34.1 Å². The molecule has 0 fully saturated rings. The van der Waals surface area contributed by atoms with Crippen molar-refractivity contribution in [2.75, 3.05) is 0 Å². The number of pyridine rings is 1. The van der Waals surface area contributed by atoms with Gasteiger partial charge in [0.05, 0.1) is 5.52 Å². The van der Waals surface area contributed by atoms with E-state index in [1.165, 1.54) is 0 Å². The number of rotatable bonds is 3. The molecule has 0 aliphatic rings. The van der Waals surface area contributed by atoms with Crippen LogP contribution in [0.4, 0.5) is 0 Å². The average molecular weight is 304 g/mol. The third-order valence-electron chi connectivity index (χ3n) is 2.98. The number of ether oxygens (including phenoxy) is 1. The highest BCUT2D eigenvalue weighted by Gasteiger charge is 2.04. The average Bonchev–Trinajstić information content (AvgIpc) is 2.47. The van der Waals surface area contributed by atoms with E-state index in [4.69, 9.17) is 27.9 Å². The molecular formula is C16H11Cl2NO. The van der Waals surface area contributed by atoms with Gasteiger partial charge >= 0.3 is 0 Å². The largest absolute Gasteiger partial charge is 0.457 e. The molecule has 0 radical (unpaired) electrons. The molecule has 0 aliphatic carbocycles. The monoisotopic (exact) mass is 303 g/mol. The van der Waals surface area contributed by atoms with Crippen LogP contribution in [-0.4, -0.2) is 4.98 Å². The van der Waals surface area contributed by atoms with Crippen LogP contribution in [0.3, 0.4) is 0 Å². The van der Waals surface area contributed by atoms with E-state index >= 15 is 0 Å². The van der Waals surface area contributed by atoms with Crippen molar-refractivity contribution in [3.05, 3.63) is 65.3 Å². The van der Waals surface area contributed by atoms with E-state index in [-0.39, 0.29) is 0 Å². The summed E-state index contributed by atoms with van der Waals surface area (Å²) in [5.74, 6) is 1.80. The molecule has 100 valence electrons. The lowest BCUT2D eigenvalue weighted by atomic mass is 10.2. The SMILES string of the molecule is ClCc1ccc(Oc2ccc3cccnc3c2)cc1Cl. The molecule has 0 spiro atoms. The van der Waals surface area contributed by atoms with Gasteiger partial charge in [0.25, 0.3) is 0 Å². The van der Waals surface area contributed by atoms with Crippen molar-refractivity contribution in [2.45, 2.75) is 5.88 Å². The Kier molecular flexibility index (Phi) is 3.77. The molecule has 0 N–H and O–H groups in total. The highest BCUT2D eigenvalue weighted by atomic mass is 35.5. The van der Waals surface area contributed by atoms with Crippen LogP contribution in [0, 0.1) is 0 Å². The van der Waals surface area contributed by atoms with E-state index < -0.39 is 0 Å². The Morgan fingerprint density at radius 3 is 2.60 bits per heavy atom. The summed E-state index contributed by atoms with van der Waals surface area (Å²) < 4.78 is 5.80. The molecule has 0 aliphatic heterocycles. The highest BCUT2D eigenvalue weighted by Crippen LogP contribution is 2.29. The lowest BCUT2D eigenvalue weighted by Crippen LogP contribution is -1.87. The third-order valence-corrected chi connectivity index (χ3v) is 3.62. The first kappa shape index (κ1) is 13.2. The van der Waals surface area contributed by atoms with Crippen LogP contribution < -0.4 is 4.74 Å².